The van der Waals surface area contributed by atoms with Crippen molar-refractivity contribution in [3.8, 4) is 0 Å². The molecule has 2 aromatic carbocycles. The molecule has 0 saturated carbocycles. The molecule has 0 amide bonds. The van der Waals surface area contributed by atoms with Crippen molar-refractivity contribution in [3.05, 3.63) is 71.3 Å². The van der Waals surface area contributed by atoms with Crippen molar-refractivity contribution < 1.29 is 12.8 Å². The van der Waals surface area contributed by atoms with Gasteiger partial charge < -0.3 is 0 Å². The van der Waals surface area contributed by atoms with Gasteiger partial charge in [-0.3, -0.25) is 0 Å². The standard InChI is InChI=1S/C23H28FN5O2S/c1-17-7-14-21(15-8-17)32(30,31)29-20(5-3-4-6-23-25-27-28(2)26-23)13-16-22(29)18-9-11-19(24)12-10-18/h7-12,14-15,20,22H,3-6,13,16H2,1-2H3. The molecule has 1 aromatic heterocycles. The fourth-order valence-corrected chi connectivity index (χ4v) is 6.30. The van der Waals surface area contributed by atoms with Crippen LogP contribution >= 0.6 is 0 Å². The highest BCUT2D eigenvalue weighted by molar-refractivity contribution is 7.89. The lowest BCUT2D eigenvalue weighted by Gasteiger charge is -2.30. The Balaban J connectivity index is 1.54. The van der Waals surface area contributed by atoms with Crippen LogP contribution in [0.4, 0.5) is 4.39 Å². The van der Waals surface area contributed by atoms with Gasteiger partial charge in [-0.15, -0.1) is 10.2 Å². The zero-order valence-corrected chi connectivity index (χ0v) is 19.2. The third-order valence-corrected chi connectivity index (χ3v) is 8.00. The molecule has 2 unspecified atom stereocenters. The summed E-state index contributed by atoms with van der Waals surface area (Å²) in [6, 6.07) is 12.8. The number of benzene rings is 2. The van der Waals surface area contributed by atoms with E-state index in [0.717, 1.165) is 36.8 Å². The van der Waals surface area contributed by atoms with Crippen molar-refractivity contribution in [2.24, 2.45) is 7.05 Å². The number of nitrogens with zero attached hydrogens (tertiary/aromatic N) is 5. The first-order chi connectivity index (χ1) is 15.3. The maximum absolute atomic E-state index is 13.7. The molecule has 0 aliphatic carbocycles. The molecule has 1 aliphatic rings. The quantitative estimate of drug-likeness (QED) is 0.478. The van der Waals surface area contributed by atoms with Crippen LogP contribution < -0.4 is 0 Å². The highest BCUT2D eigenvalue weighted by atomic mass is 32.2. The van der Waals surface area contributed by atoms with Crippen molar-refractivity contribution in [1.82, 2.24) is 24.5 Å². The lowest BCUT2D eigenvalue weighted by atomic mass is 10.0. The van der Waals surface area contributed by atoms with Gasteiger partial charge in [-0.05, 0) is 67.6 Å². The van der Waals surface area contributed by atoms with E-state index in [1.807, 2.05) is 19.1 Å². The summed E-state index contributed by atoms with van der Waals surface area (Å²) >= 11 is 0. The number of halogens is 1. The first kappa shape index (κ1) is 22.5. The highest BCUT2D eigenvalue weighted by Gasteiger charge is 2.42. The minimum Gasteiger partial charge on any atom is -0.207 e. The zero-order valence-electron chi connectivity index (χ0n) is 18.4. The van der Waals surface area contributed by atoms with Crippen LogP contribution in [0.3, 0.4) is 0 Å². The van der Waals surface area contributed by atoms with E-state index in [-0.39, 0.29) is 17.9 Å². The average Bonchev–Trinajstić information content (AvgIpc) is 3.38. The molecule has 32 heavy (non-hydrogen) atoms. The second-order valence-corrected chi connectivity index (χ2v) is 10.2. The molecule has 0 bridgehead atoms. The fourth-order valence-electron chi connectivity index (χ4n) is 4.41. The third kappa shape index (κ3) is 4.88. The van der Waals surface area contributed by atoms with Gasteiger partial charge in [0, 0.05) is 12.5 Å². The first-order valence-corrected chi connectivity index (χ1v) is 12.4. The van der Waals surface area contributed by atoms with Crippen LogP contribution in [0, 0.1) is 12.7 Å². The zero-order chi connectivity index (χ0) is 22.7. The molecule has 3 aromatic rings. The number of unbranched alkanes of at least 4 members (excludes halogenated alkanes) is 1. The van der Waals surface area contributed by atoms with Gasteiger partial charge in [0.15, 0.2) is 5.82 Å². The lowest BCUT2D eigenvalue weighted by Crippen LogP contribution is -2.37. The van der Waals surface area contributed by atoms with Crippen molar-refractivity contribution in [2.45, 2.75) is 62.4 Å². The molecule has 2 heterocycles. The highest BCUT2D eigenvalue weighted by Crippen LogP contribution is 2.42. The van der Waals surface area contributed by atoms with E-state index in [1.54, 1.807) is 35.6 Å². The van der Waals surface area contributed by atoms with Gasteiger partial charge in [-0.25, -0.2) is 12.8 Å². The predicted molar refractivity (Wildman–Crippen MR) is 119 cm³/mol. The molecule has 4 rings (SSSR count). The fraction of sp³-hybridized carbons (Fsp3) is 0.435. The van der Waals surface area contributed by atoms with E-state index in [2.05, 4.69) is 15.4 Å². The summed E-state index contributed by atoms with van der Waals surface area (Å²) in [7, 11) is -1.96. The summed E-state index contributed by atoms with van der Waals surface area (Å²) in [6.45, 7) is 1.93. The molecule has 0 N–H and O–H groups in total. The molecule has 1 fully saturated rings. The summed E-state index contributed by atoms with van der Waals surface area (Å²) in [6.07, 6.45) is 4.68. The smallest absolute Gasteiger partial charge is 0.207 e. The Morgan fingerprint density at radius 3 is 2.41 bits per heavy atom. The van der Waals surface area contributed by atoms with Gasteiger partial charge in [0.05, 0.1) is 18.0 Å². The van der Waals surface area contributed by atoms with E-state index < -0.39 is 10.0 Å². The summed E-state index contributed by atoms with van der Waals surface area (Å²) in [5, 5.41) is 12.1. The molecule has 0 radical (unpaired) electrons. The minimum absolute atomic E-state index is 0.105. The Morgan fingerprint density at radius 1 is 1.03 bits per heavy atom. The maximum Gasteiger partial charge on any atom is 0.243 e. The van der Waals surface area contributed by atoms with Crippen LogP contribution in [0.15, 0.2) is 53.4 Å². The maximum atomic E-state index is 13.7. The number of rotatable bonds is 8. The van der Waals surface area contributed by atoms with Crippen molar-refractivity contribution in [3.63, 3.8) is 0 Å². The van der Waals surface area contributed by atoms with E-state index >= 15 is 0 Å². The largest absolute Gasteiger partial charge is 0.243 e. The third-order valence-electron chi connectivity index (χ3n) is 6.03. The number of hydrogen-bond donors (Lipinski definition) is 0. The molecule has 1 saturated heterocycles. The summed E-state index contributed by atoms with van der Waals surface area (Å²) in [5.41, 5.74) is 1.84. The normalized spacial score (nSPS) is 19.5. The number of aromatic nitrogens is 4. The second kappa shape index (κ2) is 9.46. The SMILES string of the molecule is Cc1ccc(S(=O)(=O)N2C(CCCCc3nnn(C)n3)CCC2c2ccc(F)cc2)cc1. The Morgan fingerprint density at radius 2 is 1.75 bits per heavy atom. The van der Waals surface area contributed by atoms with Gasteiger partial charge >= 0.3 is 0 Å². The number of aryl methyl sites for hydroxylation is 3. The van der Waals surface area contributed by atoms with Crippen molar-refractivity contribution in [1.29, 1.82) is 0 Å². The van der Waals surface area contributed by atoms with Crippen LogP contribution in [-0.2, 0) is 23.5 Å². The average molecular weight is 458 g/mol. The van der Waals surface area contributed by atoms with Crippen molar-refractivity contribution >= 4 is 10.0 Å². The Kier molecular flexibility index (Phi) is 6.66. The van der Waals surface area contributed by atoms with Crippen LogP contribution in [0.2, 0.25) is 0 Å². The van der Waals surface area contributed by atoms with Crippen LogP contribution in [0.25, 0.3) is 0 Å². The Labute approximate surface area is 188 Å². The molecule has 1 aliphatic heterocycles. The Hall–Kier alpha value is -2.65. The molecular weight excluding hydrogens is 429 g/mol. The van der Waals surface area contributed by atoms with Gasteiger partial charge in [0.1, 0.15) is 5.82 Å². The van der Waals surface area contributed by atoms with Crippen LogP contribution in [-0.4, -0.2) is 39.0 Å². The molecule has 9 heteroatoms. The predicted octanol–water partition coefficient (Wildman–Crippen LogP) is 3.97. The van der Waals surface area contributed by atoms with Crippen LogP contribution in [0.5, 0.6) is 0 Å². The Bertz CT molecular complexity index is 1150. The molecular formula is C23H28FN5O2S. The van der Waals surface area contributed by atoms with Gasteiger partial charge in [0.25, 0.3) is 0 Å². The summed E-state index contributed by atoms with van der Waals surface area (Å²) in [5.74, 6) is 0.376. The molecule has 0 spiro atoms. The van der Waals surface area contributed by atoms with E-state index in [1.165, 1.54) is 16.9 Å². The number of sulfonamides is 1. The monoisotopic (exact) mass is 457 g/mol. The van der Waals surface area contributed by atoms with Gasteiger partial charge in [0.2, 0.25) is 10.0 Å². The van der Waals surface area contributed by atoms with E-state index in [0.29, 0.717) is 23.6 Å². The van der Waals surface area contributed by atoms with E-state index in [4.69, 9.17) is 0 Å². The number of tetrazole rings is 1. The topological polar surface area (TPSA) is 81.0 Å². The minimum atomic E-state index is -3.70. The summed E-state index contributed by atoms with van der Waals surface area (Å²) in [4.78, 5) is 1.74. The number of hydrogen-bond acceptors (Lipinski definition) is 5. The second-order valence-electron chi connectivity index (χ2n) is 8.39. The molecule has 2 atom stereocenters. The first-order valence-electron chi connectivity index (χ1n) is 10.9. The van der Waals surface area contributed by atoms with Crippen molar-refractivity contribution in [2.75, 3.05) is 0 Å². The van der Waals surface area contributed by atoms with Crippen LogP contribution in [0.1, 0.15) is 55.1 Å². The lowest BCUT2D eigenvalue weighted by molar-refractivity contribution is 0.307. The molecule has 7 nitrogen and oxygen atoms in total. The van der Waals surface area contributed by atoms with E-state index in [9.17, 15) is 12.8 Å². The summed E-state index contributed by atoms with van der Waals surface area (Å²) < 4.78 is 42.5. The van der Waals surface area contributed by atoms with Gasteiger partial charge in [-0.1, -0.05) is 36.2 Å². The molecule has 170 valence electrons. The van der Waals surface area contributed by atoms with Gasteiger partial charge in [-0.2, -0.15) is 9.10 Å².